The van der Waals surface area contributed by atoms with E-state index in [1.807, 2.05) is 19.9 Å². The van der Waals surface area contributed by atoms with Crippen LogP contribution in [0.15, 0.2) is 30.3 Å². The number of anilines is 1. The van der Waals surface area contributed by atoms with Crippen molar-refractivity contribution in [2.45, 2.75) is 26.2 Å². The highest BCUT2D eigenvalue weighted by Crippen LogP contribution is 2.17. The van der Waals surface area contributed by atoms with Crippen LogP contribution in [-0.4, -0.2) is 16.5 Å². The SMILES string of the molecule is CC(C)c1nc(Cl)cc(NCCc2ccccc2F)n1. The second kappa shape index (κ2) is 6.66. The molecule has 0 fully saturated rings. The summed E-state index contributed by atoms with van der Waals surface area (Å²) in [5.41, 5.74) is 0.684. The van der Waals surface area contributed by atoms with Crippen molar-refractivity contribution in [1.82, 2.24) is 9.97 Å². The van der Waals surface area contributed by atoms with Crippen molar-refractivity contribution in [2.24, 2.45) is 0 Å². The first-order valence-electron chi connectivity index (χ1n) is 6.58. The van der Waals surface area contributed by atoms with Crippen LogP contribution in [0, 0.1) is 5.82 Å². The monoisotopic (exact) mass is 293 g/mol. The van der Waals surface area contributed by atoms with Crippen molar-refractivity contribution in [3.05, 3.63) is 52.7 Å². The van der Waals surface area contributed by atoms with E-state index in [0.717, 1.165) is 0 Å². The third-order valence-corrected chi connectivity index (χ3v) is 3.08. The van der Waals surface area contributed by atoms with Gasteiger partial charge < -0.3 is 5.32 Å². The predicted molar refractivity (Wildman–Crippen MR) is 79.7 cm³/mol. The first-order chi connectivity index (χ1) is 9.56. The van der Waals surface area contributed by atoms with Crippen molar-refractivity contribution in [2.75, 3.05) is 11.9 Å². The van der Waals surface area contributed by atoms with E-state index < -0.39 is 0 Å². The standard InChI is InChI=1S/C15H17ClFN3/c1-10(2)15-19-13(16)9-14(20-15)18-8-7-11-5-3-4-6-12(11)17/h3-6,9-10H,7-8H2,1-2H3,(H,18,19,20). The Bertz CT molecular complexity index is 587. The van der Waals surface area contributed by atoms with Crippen molar-refractivity contribution in [3.8, 4) is 0 Å². The van der Waals surface area contributed by atoms with E-state index in [2.05, 4.69) is 15.3 Å². The smallest absolute Gasteiger partial charge is 0.135 e. The molecule has 0 aliphatic rings. The Morgan fingerprint density at radius 2 is 2.00 bits per heavy atom. The summed E-state index contributed by atoms with van der Waals surface area (Å²) in [6, 6.07) is 8.44. The van der Waals surface area contributed by atoms with Crippen LogP contribution in [0.5, 0.6) is 0 Å². The highest BCUT2D eigenvalue weighted by Gasteiger charge is 2.07. The third kappa shape index (κ3) is 3.90. The average molecular weight is 294 g/mol. The molecule has 1 aromatic carbocycles. The van der Waals surface area contributed by atoms with Crippen LogP contribution < -0.4 is 5.32 Å². The lowest BCUT2D eigenvalue weighted by Crippen LogP contribution is -2.09. The molecule has 1 aromatic heterocycles. The molecule has 0 bridgehead atoms. The first-order valence-corrected chi connectivity index (χ1v) is 6.96. The van der Waals surface area contributed by atoms with E-state index in [1.54, 1.807) is 18.2 Å². The van der Waals surface area contributed by atoms with Gasteiger partial charge >= 0.3 is 0 Å². The van der Waals surface area contributed by atoms with Gasteiger partial charge in [0.1, 0.15) is 22.6 Å². The minimum atomic E-state index is -0.183. The van der Waals surface area contributed by atoms with E-state index in [4.69, 9.17) is 11.6 Å². The summed E-state index contributed by atoms with van der Waals surface area (Å²) in [6.07, 6.45) is 0.589. The zero-order chi connectivity index (χ0) is 14.5. The number of rotatable bonds is 5. The lowest BCUT2D eigenvalue weighted by molar-refractivity contribution is 0.610. The first kappa shape index (κ1) is 14.7. The highest BCUT2D eigenvalue weighted by molar-refractivity contribution is 6.29. The van der Waals surface area contributed by atoms with Gasteiger partial charge in [-0.05, 0) is 18.1 Å². The number of aromatic nitrogens is 2. The molecule has 1 N–H and O–H groups in total. The van der Waals surface area contributed by atoms with Gasteiger partial charge in [-0.2, -0.15) is 0 Å². The summed E-state index contributed by atoms with van der Waals surface area (Å²) in [5, 5.41) is 3.57. The molecule has 2 aromatic rings. The number of nitrogens with one attached hydrogen (secondary N) is 1. The molecule has 0 aliphatic heterocycles. The topological polar surface area (TPSA) is 37.8 Å². The molecular formula is C15H17ClFN3. The molecular weight excluding hydrogens is 277 g/mol. The molecule has 106 valence electrons. The van der Waals surface area contributed by atoms with E-state index in [9.17, 15) is 4.39 Å². The van der Waals surface area contributed by atoms with Gasteiger partial charge in [-0.15, -0.1) is 0 Å². The van der Waals surface area contributed by atoms with Gasteiger partial charge in [-0.25, -0.2) is 14.4 Å². The normalized spacial score (nSPS) is 10.8. The highest BCUT2D eigenvalue weighted by atomic mass is 35.5. The van der Waals surface area contributed by atoms with Gasteiger partial charge in [0.15, 0.2) is 0 Å². The molecule has 0 aliphatic carbocycles. The van der Waals surface area contributed by atoms with Crippen molar-refractivity contribution < 1.29 is 4.39 Å². The van der Waals surface area contributed by atoms with Crippen LogP contribution in [-0.2, 0) is 6.42 Å². The van der Waals surface area contributed by atoms with Crippen molar-refractivity contribution in [1.29, 1.82) is 0 Å². The Hall–Kier alpha value is -1.68. The number of hydrogen-bond acceptors (Lipinski definition) is 3. The minimum Gasteiger partial charge on any atom is -0.370 e. The van der Waals surface area contributed by atoms with Crippen molar-refractivity contribution >= 4 is 17.4 Å². The van der Waals surface area contributed by atoms with Crippen LogP contribution in [0.3, 0.4) is 0 Å². The summed E-state index contributed by atoms with van der Waals surface area (Å²) in [4.78, 5) is 8.55. The molecule has 1 heterocycles. The molecule has 0 unspecified atom stereocenters. The van der Waals surface area contributed by atoms with Gasteiger partial charge in [0.2, 0.25) is 0 Å². The van der Waals surface area contributed by atoms with E-state index in [0.29, 0.717) is 35.3 Å². The largest absolute Gasteiger partial charge is 0.370 e. The minimum absolute atomic E-state index is 0.183. The number of nitrogens with zero attached hydrogens (tertiary/aromatic N) is 2. The molecule has 3 nitrogen and oxygen atoms in total. The molecule has 5 heteroatoms. The van der Waals surface area contributed by atoms with Gasteiger partial charge in [0.25, 0.3) is 0 Å². The lowest BCUT2D eigenvalue weighted by Gasteiger charge is -2.10. The van der Waals surface area contributed by atoms with Crippen LogP contribution >= 0.6 is 11.6 Å². The van der Waals surface area contributed by atoms with Crippen LogP contribution in [0.1, 0.15) is 31.2 Å². The molecule has 0 saturated carbocycles. The Labute approximate surface area is 123 Å². The molecule has 20 heavy (non-hydrogen) atoms. The predicted octanol–water partition coefficient (Wildman–Crippen LogP) is 4.05. The van der Waals surface area contributed by atoms with E-state index in [1.165, 1.54) is 6.07 Å². The quantitative estimate of drug-likeness (QED) is 0.845. The Morgan fingerprint density at radius 3 is 2.70 bits per heavy atom. The molecule has 0 amide bonds. The maximum atomic E-state index is 13.5. The van der Waals surface area contributed by atoms with Gasteiger partial charge in [-0.1, -0.05) is 43.6 Å². The van der Waals surface area contributed by atoms with Gasteiger partial charge in [0, 0.05) is 18.5 Å². The zero-order valence-corrected chi connectivity index (χ0v) is 12.3. The fraction of sp³-hybridized carbons (Fsp3) is 0.333. The van der Waals surface area contributed by atoms with E-state index >= 15 is 0 Å². The fourth-order valence-electron chi connectivity index (χ4n) is 1.81. The molecule has 2 rings (SSSR count). The average Bonchev–Trinajstić information content (AvgIpc) is 2.40. The summed E-state index contributed by atoms with van der Waals surface area (Å²) < 4.78 is 13.5. The van der Waals surface area contributed by atoms with E-state index in [-0.39, 0.29) is 11.7 Å². The summed E-state index contributed by atoms with van der Waals surface area (Å²) >= 11 is 5.96. The van der Waals surface area contributed by atoms with Crippen LogP contribution in [0.25, 0.3) is 0 Å². The summed E-state index contributed by atoms with van der Waals surface area (Å²) in [7, 11) is 0. The number of benzene rings is 1. The Balaban J connectivity index is 1.99. The number of halogens is 2. The second-order valence-electron chi connectivity index (χ2n) is 4.86. The zero-order valence-electron chi connectivity index (χ0n) is 11.5. The molecule has 0 spiro atoms. The third-order valence-electron chi connectivity index (χ3n) is 2.89. The molecule has 0 radical (unpaired) electrons. The molecule has 0 atom stereocenters. The van der Waals surface area contributed by atoms with Crippen LogP contribution in [0.2, 0.25) is 5.15 Å². The van der Waals surface area contributed by atoms with Crippen molar-refractivity contribution in [3.63, 3.8) is 0 Å². The fourth-order valence-corrected chi connectivity index (χ4v) is 2.00. The number of hydrogen-bond donors (Lipinski definition) is 1. The lowest BCUT2D eigenvalue weighted by atomic mass is 10.1. The second-order valence-corrected chi connectivity index (χ2v) is 5.24. The Morgan fingerprint density at radius 1 is 1.25 bits per heavy atom. The maximum Gasteiger partial charge on any atom is 0.135 e. The van der Waals surface area contributed by atoms with Crippen LogP contribution in [0.4, 0.5) is 10.2 Å². The summed E-state index contributed by atoms with van der Waals surface area (Å²) in [5.74, 6) is 1.40. The molecule has 0 saturated heterocycles. The Kier molecular flexibility index (Phi) is 4.90. The summed E-state index contributed by atoms with van der Waals surface area (Å²) in [6.45, 7) is 4.61. The maximum absolute atomic E-state index is 13.5. The van der Waals surface area contributed by atoms with Gasteiger partial charge in [-0.3, -0.25) is 0 Å². The van der Waals surface area contributed by atoms with Gasteiger partial charge in [0.05, 0.1) is 0 Å².